The molecule has 0 spiro atoms. The summed E-state index contributed by atoms with van der Waals surface area (Å²) in [5.74, 6) is 0.302. The number of aryl methyl sites for hydroxylation is 2. The Morgan fingerprint density at radius 2 is 1.48 bits per heavy atom. The molecule has 2 aromatic rings. The van der Waals surface area contributed by atoms with Crippen molar-refractivity contribution in [2.45, 2.75) is 25.7 Å². The summed E-state index contributed by atoms with van der Waals surface area (Å²) < 4.78 is 11.1. The molecule has 0 atom stereocenters. The van der Waals surface area contributed by atoms with E-state index in [1.54, 1.807) is 12.1 Å². The number of anilines is 1. The molecule has 0 unspecified atom stereocenters. The van der Waals surface area contributed by atoms with Crippen LogP contribution in [0.25, 0.3) is 0 Å². The van der Waals surface area contributed by atoms with Crippen LogP contribution < -0.4 is 5.09 Å². The molecule has 6 nitrogen and oxygen atoms in total. The molecule has 7 heteroatoms. The smallest absolute Gasteiger partial charge is 0.427 e. The SMILES string of the molecule is O=P(O)(O)Nc1ccc(O)cc1CCCCc1ccc(O)cc1. The summed E-state index contributed by atoms with van der Waals surface area (Å²) in [6.45, 7) is 0. The number of phenols is 2. The third-order valence-corrected chi connectivity index (χ3v) is 3.99. The van der Waals surface area contributed by atoms with Gasteiger partial charge in [0.05, 0.1) is 0 Å². The van der Waals surface area contributed by atoms with Crippen molar-refractivity contribution in [1.82, 2.24) is 0 Å². The van der Waals surface area contributed by atoms with Crippen LogP contribution in [0.5, 0.6) is 11.5 Å². The first-order valence-electron chi connectivity index (χ1n) is 7.27. The average molecular weight is 337 g/mol. The van der Waals surface area contributed by atoms with Gasteiger partial charge in [-0.25, -0.2) is 4.57 Å². The van der Waals surface area contributed by atoms with Gasteiger partial charge >= 0.3 is 7.75 Å². The number of phenolic OH excluding ortho intramolecular Hbond substituents is 2. The second-order valence-electron chi connectivity index (χ2n) is 5.37. The van der Waals surface area contributed by atoms with Crippen molar-refractivity contribution in [2.75, 3.05) is 5.09 Å². The van der Waals surface area contributed by atoms with Crippen molar-refractivity contribution < 1.29 is 24.6 Å². The van der Waals surface area contributed by atoms with E-state index >= 15 is 0 Å². The lowest BCUT2D eigenvalue weighted by atomic mass is 10.0. The Morgan fingerprint density at radius 1 is 0.870 bits per heavy atom. The number of unbranched alkanes of at least 4 members (excludes halogenated alkanes) is 1. The highest BCUT2D eigenvalue weighted by Gasteiger charge is 2.15. The zero-order valence-corrected chi connectivity index (χ0v) is 13.4. The summed E-state index contributed by atoms with van der Waals surface area (Å²) >= 11 is 0. The first kappa shape index (κ1) is 17.3. The van der Waals surface area contributed by atoms with Crippen molar-refractivity contribution in [2.24, 2.45) is 0 Å². The van der Waals surface area contributed by atoms with Gasteiger partial charge in [0.2, 0.25) is 0 Å². The third kappa shape index (κ3) is 5.94. The van der Waals surface area contributed by atoms with Gasteiger partial charge in [0.25, 0.3) is 0 Å². The van der Waals surface area contributed by atoms with Gasteiger partial charge in [-0.05, 0) is 67.1 Å². The van der Waals surface area contributed by atoms with Crippen molar-refractivity contribution in [3.05, 3.63) is 53.6 Å². The van der Waals surface area contributed by atoms with Crippen molar-refractivity contribution in [3.8, 4) is 11.5 Å². The van der Waals surface area contributed by atoms with Gasteiger partial charge in [0.15, 0.2) is 0 Å². The predicted molar refractivity (Wildman–Crippen MR) is 88.5 cm³/mol. The minimum absolute atomic E-state index is 0.0646. The van der Waals surface area contributed by atoms with Gasteiger partial charge in [-0.2, -0.15) is 0 Å². The van der Waals surface area contributed by atoms with E-state index < -0.39 is 7.75 Å². The molecular formula is C16H20NO5P. The first-order valence-corrected chi connectivity index (χ1v) is 8.88. The molecule has 5 N–H and O–H groups in total. The summed E-state index contributed by atoms with van der Waals surface area (Å²) in [6.07, 6.45) is 3.13. The van der Waals surface area contributed by atoms with Crippen LogP contribution in [0, 0.1) is 0 Å². The van der Waals surface area contributed by atoms with Crippen LogP contribution in [0.1, 0.15) is 24.0 Å². The molecule has 2 aromatic carbocycles. The summed E-state index contributed by atoms with van der Waals surface area (Å²) in [6, 6.07) is 11.4. The molecule has 0 radical (unpaired) electrons. The molecule has 0 aromatic heterocycles. The Kier molecular flexibility index (Phi) is 5.66. The minimum Gasteiger partial charge on any atom is -0.508 e. The number of nitrogens with one attached hydrogen (secondary N) is 1. The fourth-order valence-electron chi connectivity index (χ4n) is 2.36. The van der Waals surface area contributed by atoms with Crippen LogP contribution in [0.15, 0.2) is 42.5 Å². The lowest BCUT2D eigenvalue weighted by Gasteiger charge is -2.13. The van der Waals surface area contributed by atoms with E-state index in [4.69, 9.17) is 9.79 Å². The van der Waals surface area contributed by atoms with E-state index in [1.807, 2.05) is 12.1 Å². The van der Waals surface area contributed by atoms with Gasteiger partial charge < -0.3 is 20.0 Å². The number of benzene rings is 2. The molecule has 23 heavy (non-hydrogen) atoms. The van der Waals surface area contributed by atoms with E-state index in [1.165, 1.54) is 18.2 Å². The largest absolute Gasteiger partial charge is 0.508 e. The van der Waals surface area contributed by atoms with Gasteiger partial charge in [-0.1, -0.05) is 12.1 Å². The van der Waals surface area contributed by atoms with E-state index in [0.29, 0.717) is 17.7 Å². The molecular weight excluding hydrogens is 317 g/mol. The summed E-state index contributed by atoms with van der Waals surface area (Å²) in [5, 5.41) is 21.0. The lowest BCUT2D eigenvalue weighted by Crippen LogP contribution is -1.99. The van der Waals surface area contributed by atoms with Crippen LogP contribution in [0.3, 0.4) is 0 Å². The lowest BCUT2D eigenvalue weighted by molar-refractivity contribution is 0.380. The number of hydrogen-bond acceptors (Lipinski definition) is 3. The zero-order valence-electron chi connectivity index (χ0n) is 12.5. The number of rotatable bonds is 7. The minimum atomic E-state index is -4.38. The fourth-order valence-corrected chi connectivity index (χ4v) is 2.89. The second-order valence-corrected chi connectivity index (χ2v) is 6.68. The highest BCUT2D eigenvalue weighted by molar-refractivity contribution is 7.53. The monoisotopic (exact) mass is 337 g/mol. The van der Waals surface area contributed by atoms with Crippen LogP contribution in [-0.2, 0) is 17.4 Å². The molecule has 0 saturated heterocycles. The maximum absolute atomic E-state index is 11.1. The fraction of sp³-hybridized carbons (Fsp3) is 0.250. The number of aromatic hydroxyl groups is 2. The third-order valence-electron chi connectivity index (χ3n) is 3.45. The Bertz CT molecular complexity index is 696. The normalized spacial score (nSPS) is 11.4. The second kappa shape index (κ2) is 7.51. The van der Waals surface area contributed by atoms with E-state index in [2.05, 4.69) is 5.09 Å². The van der Waals surface area contributed by atoms with Gasteiger partial charge in [-0.15, -0.1) is 0 Å². The van der Waals surface area contributed by atoms with Gasteiger partial charge in [-0.3, -0.25) is 5.09 Å². The number of hydrogen-bond donors (Lipinski definition) is 5. The summed E-state index contributed by atoms with van der Waals surface area (Å²) in [5.41, 5.74) is 2.12. The Morgan fingerprint density at radius 3 is 2.13 bits per heavy atom. The van der Waals surface area contributed by atoms with Crippen molar-refractivity contribution >= 4 is 13.4 Å². The van der Waals surface area contributed by atoms with E-state index in [-0.39, 0.29) is 11.5 Å². The van der Waals surface area contributed by atoms with Gasteiger partial charge in [0, 0.05) is 5.69 Å². The van der Waals surface area contributed by atoms with Gasteiger partial charge in [0.1, 0.15) is 11.5 Å². The molecule has 0 aliphatic carbocycles. The van der Waals surface area contributed by atoms with Crippen LogP contribution in [-0.4, -0.2) is 20.0 Å². The van der Waals surface area contributed by atoms with Crippen LogP contribution in [0.4, 0.5) is 5.69 Å². The topological polar surface area (TPSA) is 110 Å². The molecule has 0 amide bonds. The molecule has 0 bridgehead atoms. The Balaban J connectivity index is 1.93. The maximum Gasteiger partial charge on any atom is 0.427 e. The van der Waals surface area contributed by atoms with E-state index in [0.717, 1.165) is 24.8 Å². The molecule has 0 aliphatic heterocycles. The Hall–Kier alpha value is -2.01. The van der Waals surface area contributed by atoms with E-state index in [9.17, 15) is 14.8 Å². The predicted octanol–water partition coefficient (Wildman–Crippen LogP) is 3.17. The van der Waals surface area contributed by atoms with Crippen molar-refractivity contribution in [3.63, 3.8) is 0 Å². The molecule has 124 valence electrons. The summed E-state index contributed by atoms with van der Waals surface area (Å²) in [4.78, 5) is 18.0. The summed E-state index contributed by atoms with van der Waals surface area (Å²) in [7, 11) is -4.38. The first-order chi connectivity index (χ1) is 10.8. The molecule has 0 saturated carbocycles. The highest BCUT2D eigenvalue weighted by Crippen LogP contribution is 2.37. The molecule has 0 fully saturated rings. The molecule has 2 rings (SSSR count). The quantitative estimate of drug-likeness (QED) is 0.302. The zero-order chi connectivity index (χ0) is 16.9. The molecule has 0 aliphatic rings. The average Bonchev–Trinajstić information content (AvgIpc) is 2.47. The molecule has 0 heterocycles. The Labute approximate surface area is 134 Å². The standard InChI is InChI=1S/C16H20NO5P/c18-14-7-5-12(6-8-14)3-1-2-4-13-11-15(19)9-10-16(13)17-23(20,21)22/h5-11,18-19H,1-4H2,(H3,17,20,21,22). The highest BCUT2D eigenvalue weighted by atomic mass is 31.2. The van der Waals surface area contributed by atoms with Crippen molar-refractivity contribution in [1.29, 1.82) is 0 Å². The van der Waals surface area contributed by atoms with Crippen LogP contribution >= 0.6 is 7.75 Å². The van der Waals surface area contributed by atoms with Crippen LogP contribution in [0.2, 0.25) is 0 Å². The maximum atomic E-state index is 11.1.